The third-order valence-electron chi connectivity index (χ3n) is 2.54. The smallest absolute Gasteiger partial charge is 0.0456 e. The maximum absolute atomic E-state index is 5.99. The highest BCUT2D eigenvalue weighted by Crippen LogP contribution is 2.35. The SMILES string of the molecule is Cc1ccc(C)c(Sc2cc(Cl)ccc2N)c1. The Hall–Kier alpha value is -1.12. The van der Waals surface area contributed by atoms with Crippen LogP contribution in [0.4, 0.5) is 5.69 Å². The van der Waals surface area contributed by atoms with Crippen molar-refractivity contribution < 1.29 is 0 Å². The van der Waals surface area contributed by atoms with E-state index in [1.807, 2.05) is 18.2 Å². The van der Waals surface area contributed by atoms with Crippen molar-refractivity contribution in [1.29, 1.82) is 0 Å². The van der Waals surface area contributed by atoms with E-state index >= 15 is 0 Å². The Balaban J connectivity index is 2.37. The molecule has 2 rings (SSSR count). The van der Waals surface area contributed by atoms with Crippen molar-refractivity contribution in [2.75, 3.05) is 5.73 Å². The van der Waals surface area contributed by atoms with E-state index in [1.165, 1.54) is 16.0 Å². The molecule has 0 aliphatic rings. The lowest BCUT2D eigenvalue weighted by atomic mass is 10.2. The second kappa shape index (κ2) is 5.03. The van der Waals surface area contributed by atoms with Crippen molar-refractivity contribution in [3.05, 3.63) is 52.5 Å². The fourth-order valence-corrected chi connectivity index (χ4v) is 2.85. The first-order valence-corrected chi connectivity index (χ1v) is 6.56. The summed E-state index contributed by atoms with van der Waals surface area (Å²) in [6.07, 6.45) is 0. The molecule has 17 heavy (non-hydrogen) atoms. The minimum absolute atomic E-state index is 0.715. The van der Waals surface area contributed by atoms with Gasteiger partial charge in [0.15, 0.2) is 0 Å². The van der Waals surface area contributed by atoms with Gasteiger partial charge < -0.3 is 5.73 Å². The van der Waals surface area contributed by atoms with Crippen LogP contribution in [-0.4, -0.2) is 0 Å². The van der Waals surface area contributed by atoms with Gasteiger partial charge in [0.05, 0.1) is 0 Å². The molecule has 2 aromatic rings. The number of benzene rings is 2. The minimum Gasteiger partial charge on any atom is -0.398 e. The summed E-state index contributed by atoms with van der Waals surface area (Å²) in [7, 11) is 0. The van der Waals surface area contributed by atoms with E-state index in [0.29, 0.717) is 5.02 Å². The molecular formula is C14H14ClNS. The van der Waals surface area contributed by atoms with E-state index in [2.05, 4.69) is 32.0 Å². The standard InChI is InChI=1S/C14H14ClNS/c1-9-3-4-10(2)13(7-9)17-14-8-11(15)5-6-12(14)16/h3-8H,16H2,1-2H3. The zero-order valence-corrected chi connectivity index (χ0v) is 11.4. The van der Waals surface area contributed by atoms with Crippen LogP contribution in [0, 0.1) is 13.8 Å². The zero-order valence-electron chi connectivity index (χ0n) is 9.83. The van der Waals surface area contributed by atoms with Crippen LogP contribution in [0.15, 0.2) is 46.2 Å². The molecule has 0 bridgehead atoms. The maximum Gasteiger partial charge on any atom is 0.0456 e. The second-order valence-corrected chi connectivity index (χ2v) is 5.57. The second-order valence-electron chi connectivity index (χ2n) is 4.05. The molecule has 0 aliphatic heterocycles. The lowest BCUT2D eigenvalue weighted by Gasteiger charge is -2.09. The minimum atomic E-state index is 0.715. The molecule has 88 valence electrons. The van der Waals surface area contributed by atoms with Crippen molar-refractivity contribution in [1.82, 2.24) is 0 Å². The molecule has 0 saturated heterocycles. The molecule has 0 spiro atoms. The monoisotopic (exact) mass is 263 g/mol. The van der Waals surface area contributed by atoms with Gasteiger partial charge in [0.2, 0.25) is 0 Å². The Morgan fingerprint density at radius 1 is 1.00 bits per heavy atom. The fraction of sp³-hybridized carbons (Fsp3) is 0.143. The molecule has 1 nitrogen and oxygen atoms in total. The lowest BCUT2D eigenvalue weighted by Crippen LogP contribution is -1.89. The molecule has 0 aromatic heterocycles. The number of anilines is 1. The zero-order chi connectivity index (χ0) is 12.4. The normalized spacial score (nSPS) is 10.5. The Kier molecular flexibility index (Phi) is 3.65. The molecule has 0 radical (unpaired) electrons. The molecule has 0 unspecified atom stereocenters. The maximum atomic E-state index is 5.99. The van der Waals surface area contributed by atoms with Gasteiger partial charge in [-0.25, -0.2) is 0 Å². The van der Waals surface area contributed by atoms with E-state index in [-0.39, 0.29) is 0 Å². The summed E-state index contributed by atoms with van der Waals surface area (Å²) in [5.74, 6) is 0. The van der Waals surface area contributed by atoms with Crippen LogP contribution in [-0.2, 0) is 0 Å². The largest absolute Gasteiger partial charge is 0.398 e. The predicted octanol–water partition coefficient (Wildman–Crippen LogP) is 4.69. The van der Waals surface area contributed by atoms with Gasteiger partial charge in [-0.1, -0.05) is 35.5 Å². The summed E-state index contributed by atoms with van der Waals surface area (Å²) in [4.78, 5) is 2.23. The molecule has 0 heterocycles. The van der Waals surface area contributed by atoms with Gasteiger partial charge in [0.1, 0.15) is 0 Å². The quantitative estimate of drug-likeness (QED) is 0.796. The van der Waals surface area contributed by atoms with Crippen molar-refractivity contribution in [2.24, 2.45) is 0 Å². The highest BCUT2D eigenvalue weighted by molar-refractivity contribution is 7.99. The third-order valence-corrected chi connectivity index (χ3v) is 4.01. The van der Waals surface area contributed by atoms with E-state index in [4.69, 9.17) is 17.3 Å². The van der Waals surface area contributed by atoms with Crippen molar-refractivity contribution in [3.8, 4) is 0 Å². The number of rotatable bonds is 2. The van der Waals surface area contributed by atoms with E-state index < -0.39 is 0 Å². The van der Waals surface area contributed by atoms with Gasteiger partial charge in [-0.15, -0.1) is 0 Å². The summed E-state index contributed by atoms with van der Waals surface area (Å²) < 4.78 is 0. The first kappa shape index (κ1) is 12.3. The van der Waals surface area contributed by atoms with Crippen molar-refractivity contribution in [3.63, 3.8) is 0 Å². The fourth-order valence-electron chi connectivity index (χ4n) is 1.53. The first-order valence-electron chi connectivity index (χ1n) is 5.36. The summed E-state index contributed by atoms with van der Waals surface area (Å²) in [6.45, 7) is 4.19. The van der Waals surface area contributed by atoms with E-state index in [1.54, 1.807) is 11.8 Å². The van der Waals surface area contributed by atoms with E-state index in [0.717, 1.165) is 10.6 Å². The molecule has 0 amide bonds. The molecule has 3 heteroatoms. The van der Waals surface area contributed by atoms with Crippen molar-refractivity contribution in [2.45, 2.75) is 23.6 Å². The summed E-state index contributed by atoms with van der Waals surface area (Å²) in [5.41, 5.74) is 9.21. The Bertz CT molecular complexity index is 502. The molecular weight excluding hydrogens is 250 g/mol. The van der Waals surface area contributed by atoms with Gasteiger partial charge in [0.25, 0.3) is 0 Å². The summed E-state index contributed by atoms with van der Waals surface area (Å²) in [5, 5.41) is 0.715. The Morgan fingerprint density at radius 3 is 2.53 bits per heavy atom. The summed E-state index contributed by atoms with van der Waals surface area (Å²) in [6, 6.07) is 12.0. The van der Waals surface area contributed by atoms with Gasteiger partial charge in [-0.05, 0) is 49.2 Å². The average molecular weight is 264 g/mol. The molecule has 2 N–H and O–H groups in total. The molecule has 0 atom stereocenters. The number of hydrogen-bond donors (Lipinski definition) is 1. The topological polar surface area (TPSA) is 26.0 Å². The van der Waals surface area contributed by atoms with Crippen molar-refractivity contribution >= 4 is 29.1 Å². The van der Waals surface area contributed by atoms with Crippen LogP contribution in [0.2, 0.25) is 5.02 Å². The number of aryl methyl sites for hydroxylation is 2. The van der Waals surface area contributed by atoms with Crippen LogP contribution in [0.5, 0.6) is 0 Å². The number of hydrogen-bond acceptors (Lipinski definition) is 2. The predicted molar refractivity (Wildman–Crippen MR) is 75.9 cm³/mol. The average Bonchev–Trinajstić information content (AvgIpc) is 2.28. The van der Waals surface area contributed by atoms with Crippen LogP contribution < -0.4 is 5.73 Å². The van der Waals surface area contributed by atoms with Crippen LogP contribution in [0.1, 0.15) is 11.1 Å². The van der Waals surface area contributed by atoms with Gasteiger partial charge in [-0.2, -0.15) is 0 Å². The highest BCUT2D eigenvalue weighted by Gasteiger charge is 2.05. The van der Waals surface area contributed by atoms with Gasteiger partial charge in [-0.3, -0.25) is 0 Å². The molecule has 0 aliphatic carbocycles. The Morgan fingerprint density at radius 2 is 1.76 bits per heavy atom. The van der Waals surface area contributed by atoms with Crippen LogP contribution in [0.3, 0.4) is 0 Å². The number of halogens is 1. The summed E-state index contributed by atoms with van der Waals surface area (Å²) >= 11 is 7.64. The third kappa shape index (κ3) is 2.96. The lowest BCUT2D eigenvalue weighted by molar-refractivity contribution is 1.25. The van der Waals surface area contributed by atoms with E-state index in [9.17, 15) is 0 Å². The van der Waals surface area contributed by atoms with Gasteiger partial charge >= 0.3 is 0 Å². The molecule has 0 fully saturated rings. The van der Waals surface area contributed by atoms with Crippen LogP contribution >= 0.6 is 23.4 Å². The van der Waals surface area contributed by atoms with Gasteiger partial charge in [0, 0.05) is 20.5 Å². The molecule has 2 aromatic carbocycles. The Labute approximate surface area is 111 Å². The van der Waals surface area contributed by atoms with Crippen LogP contribution in [0.25, 0.3) is 0 Å². The number of nitrogens with two attached hydrogens (primary N) is 1. The first-order chi connectivity index (χ1) is 8.06. The number of nitrogen functional groups attached to an aromatic ring is 1. The molecule has 0 saturated carbocycles. The highest BCUT2D eigenvalue weighted by atomic mass is 35.5.